The van der Waals surface area contributed by atoms with E-state index in [1.54, 1.807) is 23.9 Å². The van der Waals surface area contributed by atoms with Gasteiger partial charge in [0.25, 0.3) is 0 Å². The topological polar surface area (TPSA) is 80.3 Å². The number of rotatable bonds is 5. The molecule has 0 saturated carbocycles. The molecule has 1 aliphatic heterocycles. The Morgan fingerprint density at radius 1 is 0.974 bits per heavy atom. The highest BCUT2D eigenvalue weighted by atomic mass is 19.1. The Bertz CT molecular complexity index is 1720. The molecule has 5 aromatic rings. The molecule has 3 heterocycles. The van der Waals surface area contributed by atoms with Crippen LogP contribution in [0.15, 0.2) is 79.3 Å². The summed E-state index contributed by atoms with van der Waals surface area (Å²) in [7, 11) is 1.80. The Kier molecular flexibility index (Phi) is 5.94. The van der Waals surface area contributed by atoms with Crippen molar-refractivity contribution in [3.05, 3.63) is 108 Å². The number of nitrogens with two attached hydrogens (primary N) is 1. The van der Waals surface area contributed by atoms with Gasteiger partial charge < -0.3 is 15.2 Å². The molecule has 3 aromatic carbocycles. The standard InChI is InChI=1S/C29H23F3N6O/c1-36-14-21(26-27(33)34-16-35-28(26)36)18-7-10-24(23(32)11-18)38-15-25(20-12-19(30)8-9-22(20)31)37(29(38)39)13-17-5-3-2-4-6-17/h2-12,14,16,25H,13,15H2,1H3,(H2,33,34,35). The largest absolute Gasteiger partial charge is 0.383 e. The molecule has 0 aliphatic carbocycles. The number of hydrogen-bond acceptors (Lipinski definition) is 4. The number of nitrogens with zero attached hydrogens (tertiary/aromatic N) is 5. The highest BCUT2D eigenvalue weighted by molar-refractivity contribution is 6.01. The van der Waals surface area contributed by atoms with Gasteiger partial charge in [0.15, 0.2) is 0 Å². The van der Waals surface area contributed by atoms with Crippen LogP contribution in [0.1, 0.15) is 17.2 Å². The van der Waals surface area contributed by atoms with Crippen molar-refractivity contribution in [2.45, 2.75) is 12.6 Å². The fraction of sp³-hybridized carbons (Fsp3) is 0.138. The first kappa shape index (κ1) is 24.5. The Balaban J connectivity index is 1.39. The Morgan fingerprint density at radius 3 is 2.54 bits per heavy atom. The van der Waals surface area contributed by atoms with E-state index < -0.39 is 29.5 Å². The van der Waals surface area contributed by atoms with E-state index in [-0.39, 0.29) is 30.2 Å². The lowest BCUT2D eigenvalue weighted by Gasteiger charge is -2.24. The van der Waals surface area contributed by atoms with Crippen LogP contribution < -0.4 is 10.6 Å². The van der Waals surface area contributed by atoms with Crippen molar-refractivity contribution < 1.29 is 18.0 Å². The maximum Gasteiger partial charge on any atom is 0.325 e. The molecule has 6 rings (SSSR count). The fourth-order valence-electron chi connectivity index (χ4n) is 5.18. The van der Waals surface area contributed by atoms with Gasteiger partial charge in [-0.1, -0.05) is 36.4 Å². The molecule has 7 nitrogen and oxygen atoms in total. The minimum Gasteiger partial charge on any atom is -0.383 e. The van der Waals surface area contributed by atoms with Gasteiger partial charge >= 0.3 is 6.03 Å². The zero-order valence-corrected chi connectivity index (χ0v) is 20.9. The van der Waals surface area contributed by atoms with E-state index >= 15 is 4.39 Å². The molecular weight excluding hydrogens is 505 g/mol. The SMILES string of the molecule is Cn1cc(-c2ccc(N3CC(c4cc(F)ccc4F)N(Cc4ccccc4)C3=O)c(F)c2)c2c(N)ncnc21. The van der Waals surface area contributed by atoms with E-state index in [0.29, 0.717) is 22.2 Å². The first-order valence-corrected chi connectivity index (χ1v) is 12.2. The number of benzene rings is 3. The summed E-state index contributed by atoms with van der Waals surface area (Å²) in [6.07, 6.45) is 3.15. The summed E-state index contributed by atoms with van der Waals surface area (Å²) in [4.78, 5) is 24.7. The van der Waals surface area contributed by atoms with Crippen molar-refractivity contribution in [2.24, 2.45) is 7.05 Å². The van der Waals surface area contributed by atoms with Gasteiger partial charge in [-0.2, -0.15) is 0 Å². The second kappa shape index (κ2) is 9.46. The van der Waals surface area contributed by atoms with Gasteiger partial charge in [0.2, 0.25) is 0 Å². The van der Waals surface area contributed by atoms with E-state index in [4.69, 9.17) is 5.73 Å². The zero-order chi connectivity index (χ0) is 27.3. The lowest BCUT2D eigenvalue weighted by molar-refractivity contribution is 0.202. The summed E-state index contributed by atoms with van der Waals surface area (Å²) in [5.41, 5.74) is 8.75. The van der Waals surface area contributed by atoms with Crippen LogP contribution in [-0.4, -0.2) is 32.0 Å². The Labute approximate surface area is 221 Å². The number of carbonyl (C=O) groups is 1. The van der Waals surface area contributed by atoms with Crippen LogP contribution >= 0.6 is 0 Å². The van der Waals surface area contributed by atoms with E-state index in [1.807, 2.05) is 30.3 Å². The summed E-state index contributed by atoms with van der Waals surface area (Å²) in [6, 6.07) is 15.5. The molecule has 1 atom stereocenters. The summed E-state index contributed by atoms with van der Waals surface area (Å²) >= 11 is 0. The summed E-state index contributed by atoms with van der Waals surface area (Å²) in [6.45, 7) is 0.0864. The quantitative estimate of drug-likeness (QED) is 0.312. The molecular formula is C29H23F3N6O. The first-order chi connectivity index (χ1) is 18.8. The molecule has 1 aliphatic rings. The van der Waals surface area contributed by atoms with Gasteiger partial charge in [-0.25, -0.2) is 27.9 Å². The lowest BCUT2D eigenvalue weighted by Crippen LogP contribution is -2.32. The molecule has 1 unspecified atom stereocenters. The number of nitrogen functional groups attached to an aromatic ring is 1. The van der Waals surface area contributed by atoms with Crippen molar-refractivity contribution in [3.63, 3.8) is 0 Å². The predicted octanol–water partition coefficient (Wildman–Crippen LogP) is 5.82. The van der Waals surface area contributed by atoms with Crippen molar-refractivity contribution in [3.8, 4) is 11.1 Å². The molecule has 2 amide bonds. The maximum atomic E-state index is 15.7. The second-order valence-electron chi connectivity index (χ2n) is 9.47. The smallest absolute Gasteiger partial charge is 0.325 e. The third-order valence-electron chi connectivity index (χ3n) is 7.05. The van der Waals surface area contributed by atoms with Crippen LogP contribution in [0.3, 0.4) is 0 Å². The van der Waals surface area contributed by atoms with Crippen molar-refractivity contribution in [1.82, 2.24) is 19.4 Å². The third-order valence-corrected chi connectivity index (χ3v) is 7.05. The number of hydrogen-bond donors (Lipinski definition) is 1. The average Bonchev–Trinajstić information content (AvgIpc) is 3.44. The molecule has 1 fully saturated rings. The third kappa shape index (κ3) is 4.23. The predicted molar refractivity (Wildman–Crippen MR) is 142 cm³/mol. The van der Waals surface area contributed by atoms with Crippen LogP contribution in [0.5, 0.6) is 0 Å². The van der Waals surface area contributed by atoms with Crippen LogP contribution in [0.25, 0.3) is 22.2 Å². The summed E-state index contributed by atoms with van der Waals surface area (Å²) in [5.74, 6) is -1.63. The molecule has 10 heteroatoms. The van der Waals surface area contributed by atoms with Gasteiger partial charge in [-0.3, -0.25) is 4.90 Å². The number of fused-ring (bicyclic) bond motifs is 1. The minimum absolute atomic E-state index is 0.0324. The normalized spacial score (nSPS) is 15.5. The highest BCUT2D eigenvalue weighted by Gasteiger charge is 2.41. The average molecular weight is 529 g/mol. The number of aromatic nitrogens is 3. The minimum atomic E-state index is -0.831. The van der Waals surface area contributed by atoms with E-state index in [2.05, 4.69) is 9.97 Å². The van der Waals surface area contributed by atoms with Crippen LogP contribution in [0, 0.1) is 17.5 Å². The van der Waals surface area contributed by atoms with Crippen molar-refractivity contribution in [1.29, 1.82) is 0 Å². The molecule has 0 radical (unpaired) electrons. The monoisotopic (exact) mass is 528 g/mol. The van der Waals surface area contributed by atoms with Gasteiger partial charge in [0, 0.05) is 30.9 Å². The fourth-order valence-corrected chi connectivity index (χ4v) is 5.18. The number of halogens is 3. The number of anilines is 2. The summed E-state index contributed by atoms with van der Waals surface area (Å²) < 4.78 is 46.4. The van der Waals surface area contributed by atoms with E-state index in [1.165, 1.54) is 28.3 Å². The molecule has 196 valence electrons. The number of carbonyl (C=O) groups excluding carboxylic acids is 1. The maximum absolute atomic E-state index is 15.7. The van der Waals surface area contributed by atoms with Crippen LogP contribution in [0.2, 0.25) is 0 Å². The number of urea groups is 1. The van der Waals surface area contributed by atoms with Crippen molar-refractivity contribution >= 4 is 28.6 Å². The Hall–Kier alpha value is -4.86. The molecule has 1 saturated heterocycles. The summed E-state index contributed by atoms with van der Waals surface area (Å²) in [5, 5.41) is 0.597. The zero-order valence-electron chi connectivity index (χ0n) is 20.9. The lowest BCUT2D eigenvalue weighted by atomic mass is 10.0. The van der Waals surface area contributed by atoms with Gasteiger partial charge in [0.1, 0.15) is 35.2 Å². The Morgan fingerprint density at radius 2 is 1.77 bits per heavy atom. The highest BCUT2D eigenvalue weighted by Crippen LogP contribution is 2.39. The molecule has 0 spiro atoms. The number of amides is 2. The van der Waals surface area contributed by atoms with Gasteiger partial charge in [0.05, 0.1) is 23.7 Å². The van der Waals surface area contributed by atoms with Crippen molar-refractivity contribution in [2.75, 3.05) is 17.2 Å². The molecule has 0 bridgehead atoms. The molecule has 2 N–H and O–H groups in total. The second-order valence-corrected chi connectivity index (χ2v) is 9.47. The van der Waals surface area contributed by atoms with E-state index in [9.17, 15) is 13.6 Å². The van der Waals surface area contributed by atoms with Crippen LogP contribution in [0.4, 0.5) is 29.5 Å². The first-order valence-electron chi connectivity index (χ1n) is 12.2. The van der Waals surface area contributed by atoms with Crippen LogP contribution in [-0.2, 0) is 13.6 Å². The van der Waals surface area contributed by atoms with Gasteiger partial charge in [-0.15, -0.1) is 0 Å². The van der Waals surface area contributed by atoms with Gasteiger partial charge in [-0.05, 0) is 41.5 Å². The molecule has 39 heavy (non-hydrogen) atoms. The number of aryl methyl sites for hydroxylation is 1. The molecule has 2 aromatic heterocycles. The van der Waals surface area contributed by atoms with E-state index in [0.717, 1.165) is 23.8 Å².